The van der Waals surface area contributed by atoms with E-state index in [4.69, 9.17) is 4.42 Å². The van der Waals surface area contributed by atoms with Crippen molar-refractivity contribution in [1.82, 2.24) is 25.2 Å². The van der Waals surface area contributed by atoms with Crippen LogP contribution in [-0.2, 0) is 5.75 Å². The van der Waals surface area contributed by atoms with Crippen LogP contribution >= 0.6 is 11.8 Å². The van der Waals surface area contributed by atoms with Gasteiger partial charge in [0, 0.05) is 23.4 Å². The van der Waals surface area contributed by atoms with E-state index in [0.29, 0.717) is 22.6 Å². The topological polar surface area (TPSA) is 113 Å². The Labute approximate surface area is 157 Å². The smallest absolute Gasteiger partial charge is 0.277 e. The third kappa shape index (κ3) is 3.85. The highest BCUT2D eigenvalue weighted by atomic mass is 32.2. The molecule has 0 aliphatic heterocycles. The fraction of sp³-hybridized carbons (Fsp3) is 0.0588. The normalized spacial score (nSPS) is 10.8. The third-order valence-electron chi connectivity index (χ3n) is 3.64. The maximum atomic E-state index is 10.7. The molecule has 134 valence electrons. The van der Waals surface area contributed by atoms with E-state index in [9.17, 15) is 10.1 Å². The van der Waals surface area contributed by atoms with Crippen molar-refractivity contribution in [3.8, 4) is 17.1 Å². The number of nitro benzene ring substituents is 1. The molecule has 0 saturated heterocycles. The Morgan fingerprint density at radius 2 is 1.81 bits per heavy atom. The van der Waals surface area contributed by atoms with Crippen LogP contribution in [0.3, 0.4) is 0 Å². The molecule has 10 heteroatoms. The Bertz CT molecular complexity index is 1060. The van der Waals surface area contributed by atoms with E-state index in [-0.39, 0.29) is 5.69 Å². The molecule has 9 nitrogen and oxygen atoms in total. The molecule has 0 bridgehead atoms. The Hall–Kier alpha value is -3.53. The maximum Gasteiger partial charge on any atom is 0.277 e. The molecule has 0 aliphatic carbocycles. The van der Waals surface area contributed by atoms with Gasteiger partial charge < -0.3 is 4.42 Å². The molecule has 4 rings (SSSR count). The van der Waals surface area contributed by atoms with Crippen LogP contribution in [0, 0.1) is 10.1 Å². The number of nitro groups is 1. The number of aromatic nitrogens is 5. The fourth-order valence-electron chi connectivity index (χ4n) is 2.32. The summed E-state index contributed by atoms with van der Waals surface area (Å²) in [6.07, 6.45) is 1.75. The van der Waals surface area contributed by atoms with Crippen molar-refractivity contribution in [2.24, 2.45) is 0 Å². The number of non-ortho nitro benzene ring substituents is 1. The molecule has 0 unspecified atom stereocenters. The highest BCUT2D eigenvalue weighted by Crippen LogP contribution is 2.25. The van der Waals surface area contributed by atoms with E-state index in [1.54, 1.807) is 23.0 Å². The molecule has 0 amide bonds. The number of benzene rings is 2. The Morgan fingerprint density at radius 1 is 1.04 bits per heavy atom. The van der Waals surface area contributed by atoms with Crippen LogP contribution in [0.2, 0.25) is 0 Å². The highest BCUT2D eigenvalue weighted by Gasteiger charge is 2.11. The Morgan fingerprint density at radius 3 is 2.56 bits per heavy atom. The minimum Gasteiger partial charge on any atom is -0.411 e. The van der Waals surface area contributed by atoms with Crippen LogP contribution in [0.25, 0.3) is 17.1 Å². The summed E-state index contributed by atoms with van der Waals surface area (Å²) in [6.45, 7) is 0. The molecule has 2 aromatic heterocycles. The van der Waals surface area contributed by atoms with Gasteiger partial charge in [0.15, 0.2) is 0 Å². The first-order chi connectivity index (χ1) is 13.2. The molecule has 2 heterocycles. The molecule has 4 aromatic rings. The van der Waals surface area contributed by atoms with E-state index >= 15 is 0 Å². The second-order valence-electron chi connectivity index (χ2n) is 5.46. The fourth-order valence-corrected chi connectivity index (χ4v) is 2.96. The van der Waals surface area contributed by atoms with Gasteiger partial charge in [-0.1, -0.05) is 35.2 Å². The standard InChI is InChI=1S/C17H12N6O3S/c24-23(25)15-8-6-14(7-9-15)22-10-13(18-21-22)11-27-17-20-19-16(26-17)12-4-2-1-3-5-12/h1-10H,11H2. The summed E-state index contributed by atoms with van der Waals surface area (Å²) in [4.78, 5) is 10.3. The molecule has 0 aliphatic rings. The lowest BCUT2D eigenvalue weighted by atomic mass is 10.2. The summed E-state index contributed by atoms with van der Waals surface area (Å²) >= 11 is 1.36. The second-order valence-corrected chi connectivity index (χ2v) is 6.38. The molecule has 0 fully saturated rings. The average molecular weight is 380 g/mol. The number of rotatable bonds is 6. The summed E-state index contributed by atoms with van der Waals surface area (Å²) in [7, 11) is 0. The lowest BCUT2D eigenvalue weighted by Crippen LogP contribution is -1.95. The molecule has 0 atom stereocenters. The first-order valence-electron chi connectivity index (χ1n) is 7.87. The summed E-state index contributed by atoms with van der Waals surface area (Å²) in [5.74, 6) is 0.969. The summed E-state index contributed by atoms with van der Waals surface area (Å²) in [6, 6.07) is 15.6. The van der Waals surface area contributed by atoms with Gasteiger partial charge in [-0.2, -0.15) is 0 Å². The zero-order valence-electron chi connectivity index (χ0n) is 13.8. The van der Waals surface area contributed by atoms with Gasteiger partial charge in [-0.05, 0) is 24.3 Å². The first-order valence-corrected chi connectivity index (χ1v) is 8.85. The van der Waals surface area contributed by atoms with Crippen LogP contribution in [0.15, 0.2) is 70.4 Å². The molecule has 2 aromatic carbocycles. The van der Waals surface area contributed by atoms with Crippen molar-refractivity contribution < 1.29 is 9.34 Å². The van der Waals surface area contributed by atoms with Gasteiger partial charge in [0.05, 0.1) is 22.5 Å². The van der Waals surface area contributed by atoms with Crippen molar-refractivity contribution in [3.63, 3.8) is 0 Å². The van der Waals surface area contributed by atoms with Gasteiger partial charge in [0.25, 0.3) is 10.9 Å². The minimum absolute atomic E-state index is 0.0280. The molecule has 0 spiro atoms. The van der Waals surface area contributed by atoms with Gasteiger partial charge in [0.1, 0.15) is 0 Å². The molecular weight excluding hydrogens is 368 g/mol. The number of hydrogen-bond donors (Lipinski definition) is 0. The van der Waals surface area contributed by atoms with Crippen molar-refractivity contribution in [3.05, 3.63) is 76.6 Å². The predicted molar refractivity (Wildman–Crippen MR) is 97.3 cm³/mol. The first kappa shape index (κ1) is 16.9. The zero-order valence-corrected chi connectivity index (χ0v) is 14.6. The van der Waals surface area contributed by atoms with Crippen LogP contribution in [0.4, 0.5) is 5.69 Å². The maximum absolute atomic E-state index is 10.7. The van der Waals surface area contributed by atoms with Gasteiger partial charge in [-0.15, -0.1) is 15.3 Å². The van der Waals surface area contributed by atoms with Crippen LogP contribution in [-0.4, -0.2) is 30.1 Å². The average Bonchev–Trinajstić information content (AvgIpc) is 3.37. The third-order valence-corrected chi connectivity index (χ3v) is 4.49. The van der Waals surface area contributed by atoms with Gasteiger partial charge >= 0.3 is 0 Å². The minimum atomic E-state index is -0.443. The highest BCUT2D eigenvalue weighted by molar-refractivity contribution is 7.98. The van der Waals surface area contributed by atoms with Crippen molar-refractivity contribution >= 4 is 17.4 Å². The zero-order chi connectivity index (χ0) is 18.6. The SMILES string of the molecule is O=[N+]([O-])c1ccc(-n2cc(CSc3nnc(-c4ccccc4)o3)nn2)cc1. The molecular formula is C17H12N6O3S. The van der Waals surface area contributed by atoms with Gasteiger partial charge in [-0.25, -0.2) is 4.68 Å². The lowest BCUT2D eigenvalue weighted by molar-refractivity contribution is -0.384. The van der Waals surface area contributed by atoms with Crippen LogP contribution < -0.4 is 0 Å². The number of nitrogens with zero attached hydrogens (tertiary/aromatic N) is 6. The monoisotopic (exact) mass is 380 g/mol. The molecule has 0 saturated carbocycles. The van der Waals surface area contributed by atoms with E-state index in [0.717, 1.165) is 11.3 Å². The predicted octanol–water partition coefficient (Wildman–Crippen LogP) is 3.52. The summed E-state index contributed by atoms with van der Waals surface area (Å²) in [5.41, 5.74) is 2.30. The van der Waals surface area contributed by atoms with Crippen LogP contribution in [0.5, 0.6) is 0 Å². The van der Waals surface area contributed by atoms with Gasteiger partial charge in [-0.3, -0.25) is 10.1 Å². The molecule has 0 radical (unpaired) electrons. The summed E-state index contributed by atoms with van der Waals surface area (Å²) in [5, 5.41) is 27.4. The van der Waals surface area contributed by atoms with E-state index < -0.39 is 4.92 Å². The largest absolute Gasteiger partial charge is 0.411 e. The van der Waals surface area contributed by atoms with Crippen LogP contribution in [0.1, 0.15) is 5.69 Å². The lowest BCUT2D eigenvalue weighted by Gasteiger charge is -1.98. The van der Waals surface area contributed by atoms with Gasteiger partial charge in [0.2, 0.25) is 5.89 Å². The van der Waals surface area contributed by atoms with Crippen molar-refractivity contribution in [2.45, 2.75) is 11.0 Å². The van der Waals surface area contributed by atoms with Crippen molar-refractivity contribution in [2.75, 3.05) is 0 Å². The van der Waals surface area contributed by atoms with E-state index in [2.05, 4.69) is 20.5 Å². The van der Waals surface area contributed by atoms with E-state index in [1.165, 1.54) is 23.9 Å². The molecule has 27 heavy (non-hydrogen) atoms. The molecule has 0 N–H and O–H groups in total. The summed E-state index contributed by atoms with van der Waals surface area (Å²) < 4.78 is 7.20. The van der Waals surface area contributed by atoms with E-state index in [1.807, 2.05) is 30.3 Å². The second kappa shape index (κ2) is 7.38. The number of hydrogen-bond acceptors (Lipinski definition) is 8. The van der Waals surface area contributed by atoms with Crippen molar-refractivity contribution in [1.29, 1.82) is 0 Å². The quantitative estimate of drug-likeness (QED) is 0.284. The Kier molecular flexibility index (Phi) is 4.62. The Balaban J connectivity index is 1.41. The number of thioether (sulfide) groups is 1.